The molecule has 0 aliphatic carbocycles. The van der Waals surface area contributed by atoms with Crippen LogP contribution >= 0.6 is 15.9 Å². The van der Waals surface area contributed by atoms with E-state index in [-0.39, 0.29) is 6.61 Å². The Kier molecular flexibility index (Phi) is 2.93. The fourth-order valence-electron chi connectivity index (χ4n) is 1.52. The van der Waals surface area contributed by atoms with E-state index in [1.165, 1.54) is 0 Å². The van der Waals surface area contributed by atoms with Gasteiger partial charge in [-0.1, -0.05) is 15.9 Å². The highest BCUT2D eigenvalue weighted by Crippen LogP contribution is 2.24. The minimum atomic E-state index is 0.177. The second-order valence-corrected chi connectivity index (χ2v) is 4.32. The van der Waals surface area contributed by atoms with Crippen LogP contribution < -0.4 is 5.73 Å². The highest BCUT2D eigenvalue weighted by Gasteiger charge is 2.06. The van der Waals surface area contributed by atoms with E-state index in [1.54, 1.807) is 0 Å². The van der Waals surface area contributed by atoms with E-state index in [0.717, 1.165) is 27.8 Å². The smallest absolute Gasteiger partial charge is 0.112 e. The number of nitrogens with zero attached hydrogens (tertiary/aromatic N) is 1. The van der Waals surface area contributed by atoms with Crippen molar-refractivity contribution in [3.8, 4) is 0 Å². The molecule has 2 rings (SSSR count). The summed E-state index contributed by atoms with van der Waals surface area (Å²) in [6, 6.07) is 3.78. The van der Waals surface area contributed by atoms with Crippen molar-refractivity contribution >= 4 is 32.7 Å². The number of nitrogen functional groups attached to an aromatic ring is 1. The van der Waals surface area contributed by atoms with Gasteiger partial charge < -0.3 is 15.8 Å². The number of H-pyrrole nitrogens is 1. The molecular weight excluding hydrogens is 258 g/mol. The van der Waals surface area contributed by atoms with Gasteiger partial charge in [0.2, 0.25) is 0 Å². The van der Waals surface area contributed by atoms with Crippen LogP contribution in [0.15, 0.2) is 16.6 Å². The van der Waals surface area contributed by atoms with E-state index in [2.05, 4.69) is 25.9 Å². The maximum atomic E-state index is 8.73. The van der Waals surface area contributed by atoms with Gasteiger partial charge in [0, 0.05) is 17.5 Å². The number of nitrogens with two attached hydrogens (primary N) is 1. The molecule has 0 saturated carbocycles. The Morgan fingerprint density at radius 3 is 3.00 bits per heavy atom. The van der Waals surface area contributed by atoms with Crippen LogP contribution in [0.5, 0.6) is 0 Å². The Morgan fingerprint density at radius 1 is 1.47 bits per heavy atom. The third-order valence-corrected chi connectivity index (χ3v) is 2.66. The number of aliphatic hydroxyl groups is 1. The molecule has 1 heterocycles. The summed E-state index contributed by atoms with van der Waals surface area (Å²) in [6.45, 7) is 0.177. The van der Waals surface area contributed by atoms with E-state index in [0.29, 0.717) is 12.1 Å². The topological polar surface area (TPSA) is 74.9 Å². The van der Waals surface area contributed by atoms with E-state index < -0.39 is 0 Å². The van der Waals surface area contributed by atoms with E-state index in [1.807, 2.05) is 12.1 Å². The molecule has 0 fully saturated rings. The number of hydrogen-bond donors (Lipinski definition) is 3. The number of imidazole rings is 1. The number of fused-ring (bicyclic) bond motifs is 1. The Hall–Kier alpha value is -1.07. The lowest BCUT2D eigenvalue weighted by atomic mass is 10.3. The number of nitrogens with one attached hydrogen (secondary N) is 1. The maximum Gasteiger partial charge on any atom is 0.112 e. The molecule has 2 aromatic rings. The molecule has 15 heavy (non-hydrogen) atoms. The van der Waals surface area contributed by atoms with Crippen LogP contribution in [-0.4, -0.2) is 21.7 Å². The van der Waals surface area contributed by atoms with Crippen molar-refractivity contribution in [2.45, 2.75) is 12.8 Å². The first-order valence-corrected chi connectivity index (χ1v) is 5.54. The van der Waals surface area contributed by atoms with Gasteiger partial charge in [0.05, 0.1) is 11.2 Å². The number of halogens is 1. The molecule has 4 nitrogen and oxygen atoms in total. The van der Waals surface area contributed by atoms with Crippen LogP contribution in [0.2, 0.25) is 0 Å². The molecule has 0 aliphatic rings. The Bertz CT molecular complexity index is 481. The van der Waals surface area contributed by atoms with Crippen molar-refractivity contribution in [2.75, 3.05) is 12.3 Å². The van der Waals surface area contributed by atoms with E-state index >= 15 is 0 Å². The normalized spacial score (nSPS) is 11.1. The molecule has 0 aliphatic heterocycles. The highest BCUT2D eigenvalue weighted by molar-refractivity contribution is 9.10. The summed E-state index contributed by atoms with van der Waals surface area (Å²) in [7, 11) is 0. The zero-order chi connectivity index (χ0) is 10.8. The minimum absolute atomic E-state index is 0.177. The molecule has 0 unspecified atom stereocenters. The number of benzene rings is 1. The molecule has 4 N–H and O–H groups in total. The van der Waals surface area contributed by atoms with Crippen LogP contribution in [0.3, 0.4) is 0 Å². The maximum absolute atomic E-state index is 8.73. The van der Waals surface area contributed by atoms with Crippen LogP contribution in [0.4, 0.5) is 5.69 Å². The van der Waals surface area contributed by atoms with Gasteiger partial charge in [-0.25, -0.2) is 4.98 Å². The lowest BCUT2D eigenvalue weighted by Crippen LogP contribution is -1.91. The molecule has 0 radical (unpaired) electrons. The van der Waals surface area contributed by atoms with Gasteiger partial charge >= 0.3 is 0 Å². The monoisotopic (exact) mass is 269 g/mol. The van der Waals surface area contributed by atoms with Crippen molar-refractivity contribution in [3.63, 3.8) is 0 Å². The van der Waals surface area contributed by atoms with Crippen LogP contribution in [0.1, 0.15) is 12.2 Å². The molecule has 1 aromatic carbocycles. The fourth-order valence-corrected chi connectivity index (χ4v) is 2.00. The minimum Gasteiger partial charge on any atom is -0.397 e. The zero-order valence-corrected chi connectivity index (χ0v) is 9.71. The van der Waals surface area contributed by atoms with Crippen LogP contribution in [-0.2, 0) is 6.42 Å². The standard InChI is InChI=1S/C10H12BrN3O/c11-6-4-7(12)10-8(5-6)13-9(14-10)2-1-3-15/h4-5,15H,1-3,12H2,(H,13,14). The quantitative estimate of drug-likeness (QED) is 0.745. The first-order valence-electron chi connectivity index (χ1n) is 4.75. The number of aromatic amines is 1. The van der Waals surface area contributed by atoms with Gasteiger partial charge in [0.1, 0.15) is 11.3 Å². The molecule has 0 spiro atoms. The summed E-state index contributed by atoms with van der Waals surface area (Å²) in [5.74, 6) is 0.865. The summed E-state index contributed by atoms with van der Waals surface area (Å²) in [5, 5.41) is 8.73. The van der Waals surface area contributed by atoms with Crippen molar-refractivity contribution in [3.05, 3.63) is 22.4 Å². The molecular formula is C10H12BrN3O. The largest absolute Gasteiger partial charge is 0.397 e. The molecule has 80 valence electrons. The first kappa shape index (κ1) is 10.4. The fraction of sp³-hybridized carbons (Fsp3) is 0.300. The van der Waals surface area contributed by atoms with Gasteiger partial charge in [-0.05, 0) is 18.6 Å². The predicted molar refractivity (Wildman–Crippen MR) is 63.6 cm³/mol. The van der Waals surface area contributed by atoms with Gasteiger partial charge in [-0.3, -0.25) is 0 Å². The average molecular weight is 270 g/mol. The molecule has 0 amide bonds. The summed E-state index contributed by atoms with van der Waals surface area (Å²) < 4.78 is 0.935. The van der Waals surface area contributed by atoms with Crippen molar-refractivity contribution in [1.29, 1.82) is 0 Å². The second kappa shape index (κ2) is 4.20. The lowest BCUT2D eigenvalue weighted by Gasteiger charge is -1.94. The number of anilines is 1. The molecule has 0 atom stereocenters. The zero-order valence-electron chi connectivity index (χ0n) is 8.13. The van der Waals surface area contributed by atoms with Crippen LogP contribution in [0, 0.1) is 0 Å². The van der Waals surface area contributed by atoms with Gasteiger partial charge in [0.15, 0.2) is 0 Å². The molecule has 0 saturated heterocycles. The third kappa shape index (κ3) is 2.13. The molecule has 0 bridgehead atoms. The Balaban J connectivity index is 2.41. The lowest BCUT2D eigenvalue weighted by molar-refractivity contribution is 0.287. The second-order valence-electron chi connectivity index (χ2n) is 3.40. The van der Waals surface area contributed by atoms with E-state index in [4.69, 9.17) is 10.8 Å². The summed E-state index contributed by atoms with van der Waals surface area (Å²) in [4.78, 5) is 7.56. The Morgan fingerprint density at radius 2 is 2.27 bits per heavy atom. The number of aromatic nitrogens is 2. The van der Waals surface area contributed by atoms with E-state index in [9.17, 15) is 0 Å². The summed E-state index contributed by atoms with van der Waals surface area (Å²) in [5.41, 5.74) is 8.22. The van der Waals surface area contributed by atoms with Gasteiger partial charge in [-0.15, -0.1) is 0 Å². The van der Waals surface area contributed by atoms with Gasteiger partial charge in [-0.2, -0.15) is 0 Å². The summed E-state index contributed by atoms with van der Waals surface area (Å²) >= 11 is 3.38. The number of rotatable bonds is 3. The van der Waals surface area contributed by atoms with Crippen molar-refractivity contribution in [1.82, 2.24) is 9.97 Å². The molecule has 1 aromatic heterocycles. The van der Waals surface area contributed by atoms with Crippen molar-refractivity contribution < 1.29 is 5.11 Å². The number of aryl methyl sites for hydroxylation is 1. The van der Waals surface area contributed by atoms with Gasteiger partial charge in [0.25, 0.3) is 0 Å². The molecule has 5 heteroatoms. The average Bonchev–Trinajstić information content (AvgIpc) is 2.57. The SMILES string of the molecule is Nc1cc(Br)cc2[nH]c(CCCO)nc12. The highest BCUT2D eigenvalue weighted by atomic mass is 79.9. The number of hydrogen-bond acceptors (Lipinski definition) is 3. The third-order valence-electron chi connectivity index (χ3n) is 2.20. The summed E-state index contributed by atoms with van der Waals surface area (Å²) in [6.07, 6.45) is 1.45. The van der Waals surface area contributed by atoms with Crippen molar-refractivity contribution in [2.24, 2.45) is 0 Å². The Labute approximate surface area is 95.6 Å². The first-order chi connectivity index (χ1) is 7.20. The van der Waals surface area contributed by atoms with Crippen LogP contribution in [0.25, 0.3) is 11.0 Å². The number of aliphatic hydroxyl groups excluding tert-OH is 1. The predicted octanol–water partition coefficient (Wildman–Crippen LogP) is 1.83.